The van der Waals surface area contributed by atoms with Crippen LogP contribution in [0, 0.1) is 17.2 Å². The minimum absolute atomic E-state index is 0.0794. The number of nitriles is 1. The first-order valence-corrected chi connectivity index (χ1v) is 5.58. The van der Waals surface area contributed by atoms with E-state index in [-0.39, 0.29) is 11.8 Å². The summed E-state index contributed by atoms with van der Waals surface area (Å²) in [7, 11) is 2.11. The molecule has 4 heteroatoms. The van der Waals surface area contributed by atoms with E-state index >= 15 is 0 Å². The smallest absolute Gasteiger partial charge is 0.224 e. The molecule has 0 radical (unpaired) electrons. The molecule has 4 nitrogen and oxygen atoms in total. The largest absolute Gasteiger partial charge is 0.340 e. The molecule has 2 aliphatic heterocycles. The molecule has 0 aromatic carbocycles. The molecule has 82 valence electrons. The molecule has 0 saturated carbocycles. The molecule has 2 atom stereocenters. The first-order chi connectivity index (χ1) is 7.20. The second-order valence-electron chi connectivity index (χ2n) is 4.61. The van der Waals surface area contributed by atoms with Gasteiger partial charge in [0, 0.05) is 25.6 Å². The Morgan fingerprint density at radius 1 is 1.60 bits per heavy atom. The first-order valence-electron chi connectivity index (χ1n) is 5.58. The number of rotatable bonds is 2. The van der Waals surface area contributed by atoms with Crippen LogP contribution in [0.3, 0.4) is 0 Å². The number of hydrogen-bond acceptors (Lipinski definition) is 3. The Morgan fingerprint density at radius 3 is 2.93 bits per heavy atom. The van der Waals surface area contributed by atoms with Gasteiger partial charge in [-0.15, -0.1) is 0 Å². The maximum Gasteiger partial charge on any atom is 0.224 e. The molecule has 0 N–H and O–H groups in total. The summed E-state index contributed by atoms with van der Waals surface area (Å²) in [5.74, 6) is 0.0751. The predicted octanol–water partition coefficient (Wildman–Crippen LogP) is 0.453. The Kier molecular flexibility index (Phi) is 2.92. The zero-order chi connectivity index (χ0) is 10.8. The fraction of sp³-hybridized carbons (Fsp3) is 0.818. The minimum atomic E-state index is -0.0794. The third-order valence-corrected chi connectivity index (χ3v) is 3.50. The maximum absolute atomic E-state index is 11.6. The summed E-state index contributed by atoms with van der Waals surface area (Å²) in [6.07, 6.45) is 2.83. The highest BCUT2D eigenvalue weighted by Gasteiger charge is 2.32. The Balaban J connectivity index is 1.90. The van der Waals surface area contributed by atoms with Crippen LogP contribution in [-0.2, 0) is 4.79 Å². The molecule has 0 aliphatic carbocycles. The van der Waals surface area contributed by atoms with Crippen molar-refractivity contribution in [2.75, 3.05) is 26.7 Å². The van der Waals surface area contributed by atoms with Gasteiger partial charge in [0.1, 0.15) is 0 Å². The zero-order valence-corrected chi connectivity index (χ0v) is 9.15. The number of carbonyl (C=O) groups is 1. The molecule has 0 bridgehead atoms. The van der Waals surface area contributed by atoms with Crippen LogP contribution in [0.1, 0.15) is 19.3 Å². The third-order valence-electron chi connectivity index (χ3n) is 3.50. The monoisotopic (exact) mass is 207 g/mol. The van der Waals surface area contributed by atoms with E-state index in [1.165, 1.54) is 12.8 Å². The topological polar surface area (TPSA) is 47.3 Å². The van der Waals surface area contributed by atoms with E-state index in [2.05, 4.69) is 18.0 Å². The van der Waals surface area contributed by atoms with Crippen molar-refractivity contribution in [2.24, 2.45) is 5.92 Å². The van der Waals surface area contributed by atoms with E-state index < -0.39 is 0 Å². The van der Waals surface area contributed by atoms with Gasteiger partial charge in [-0.3, -0.25) is 4.79 Å². The summed E-state index contributed by atoms with van der Waals surface area (Å²) in [6.45, 7) is 2.58. The number of likely N-dealkylation sites (tertiary alicyclic amines) is 2. The van der Waals surface area contributed by atoms with Gasteiger partial charge in [0.25, 0.3) is 0 Å². The van der Waals surface area contributed by atoms with Gasteiger partial charge in [0.2, 0.25) is 5.91 Å². The molecule has 2 unspecified atom stereocenters. The van der Waals surface area contributed by atoms with Crippen LogP contribution in [0.5, 0.6) is 0 Å². The van der Waals surface area contributed by atoms with Crippen LogP contribution in [0.25, 0.3) is 0 Å². The summed E-state index contributed by atoms with van der Waals surface area (Å²) in [5.41, 5.74) is 0. The average molecular weight is 207 g/mol. The molecule has 1 amide bonds. The van der Waals surface area contributed by atoms with Crippen molar-refractivity contribution >= 4 is 5.91 Å². The summed E-state index contributed by atoms with van der Waals surface area (Å²) >= 11 is 0. The summed E-state index contributed by atoms with van der Waals surface area (Å²) in [5, 5.41) is 8.78. The normalized spacial score (nSPS) is 32.3. The Morgan fingerprint density at radius 2 is 2.40 bits per heavy atom. The molecule has 2 saturated heterocycles. The van der Waals surface area contributed by atoms with Gasteiger partial charge >= 0.3 is 0 Å². The van der Waals surface area contributed by atoms with E-state index in [1.54, 1.807) is 0 Å². The van der Waals surface area contributed by atoms with Gasteiger partial charge in [-0.05, 0) is 26.4 Å². The number of likely N-dealkylation sites (N-methyl/N-ethyl adjacent to an activating group) is 1. The SMILES string of the molecule is CN1CCCC1CN1CC(C#N)CC1=O. The highest BCUT2D eigenvalue weighted by Crippen LogP contribution is 2.21. The van der Waals surface area contributed by atoms with E-state index in [0.717, 1.165) is 13.1 Å². The molecule has 2 aliphatic rings. The molecule has 2 fully saturated rings. The molecule has 2 heterocycles. The van der Waals surface area contributed by atoms with Crippen molar-refractivity contribution in [2.45, 2.75) is 25.3 Å². The van der Waals surface area contributed by atoms with Crippen molar-refractivity contribution in [1.82, 2.24) is 9.80 Å². The standard InChI is InChI=1S/C11H17N3O/c1-13-4-2-3-10(13)8-14-7-9(6-12)5-11(14)15/h9-10H,2-5,7-8H2,1H3. The van der Waals surface area contributed by atoms with Crippen molar-refractivity contribution in [3.8, 4) is 6.07 Å². The van der Waals surface area contributed by atoms with Gasteiger partial charge in [-0.2, -0.15) is 5.26 Å². The molecular weight excluding hydrogens is 190 g/mol. The van der Waals surface area contributed by atoms with Crippen LogP contribution >= 0.6 is 0 Å². The maximum atomic E-state index is 11.6. The predicted molar refractivity (Wildman–Crippen MR) is 56.0 cm³/mol. The lowest BCUT2D eigenvalue weighted by Gasteiger charge is -2.25. The van der Waals surface area contributed by atoms with Crippen LogP contribution in [0.4, 0.5) is 0 Å². The average Bonchev–Trinajstić information content (AvgIpc) is 2.76. The number of nitrogens with zero attached hydrogens (tertiary/aromatic N) is 3. The fourth-order valence-electron chi connectivity index (χ4n) is 2.50. The van der Waals surface area contributed by atoms with Crippen LogP contribution in [0.15, 0.2) is 0 Å². The first kappa shape index (κ1) is 10.4. The van der Waals surface area contributed by atoms with Crippen molar-refractivity contribution < 1.29 is 4.79 Å². The van der Waals surface area contributed by atoms with Crippen LogP contribution in [0.2, 0.25) is 0 Å². The highest BCUT2D eigenvalue weighted by molar-refractivity contribution is 5.79. The Bertz CT molecular complexity index is 297. The quantitative estimate of drug-likeness (QED) is 0.660. The summed E-state index contributed by atoms with van der Waals surface area (Å²) in [6, 6.07) is 2.69. The third kappa shape index (κ3) is 2.13. The van der Waals surface area contributed by atoms with Gasteiger partial charge in [0.05, 0.1) is 12.0 Å². The Labute approximate surface area is 90.5 Å². The molecule has 0 aromatic rings. The minimum Gasteiger partial charge on any atom is -0.340 e. The fourth-order valence-corrected chi connectivity index (χ4v) is 2.50. The van der Waals surface area contributed by atoms with Crippen molar-refractivity contribution in [1.29, 1.82) is 5.26 Å². The van der Waals surface area contributed by atoms with Gasteiger partial charge < -0.3 is 9.80 Å². The molecule has 0 aromatic heterocycles. The summed E-state index contributed by atoms with van der Waals surface area (Å²) < 4.78 is 0. The molecule has 0 spiro atoms. The van der Waals surface area contributed by atoms with Crippen LogP contribution in [-0.4, -0.2) is 48.4 Å². The lowest BCUT2D eigenvalue weighted by Crippen LogP contribution is -2.39. The molecule has 15 heavy (non-hydrogen) atoms. The van der Waals surface area contributed by atoms with E-state index in [0.29, 0.717) is 19.0 Å². The highest BCUT2D eigenvalue weighted by atomic mass is 16.2. The number of amides is 1. The van der Waals surface area contributed by atoms with E-state index in [9.17, 15) is 4.79 Å². The van der Waals surface area contributed by atoms with Gasteiger partial charge in [-0.25, -0.2) is 0 Å². The van der Waals surface area contributed by atoms with E-state index in [4.69, 9.17) is 5.26 Å². The number of carbonyl (C=O) groups excluding carboxylic acids is 1. The zero-order valence-electron chi connectivity index (χ0n) is 9.15. The second kappa shape index (κ2) is 4.19. The second-order valence-corrected chi connectivity index (χ2v) is 4.61. The molecule has 2 rings (SSSR count). The lowest BCUT2D eigenvalue weighted by molar-refractivity contribution is -0.128. The van der Waals surface area contributed by atoms with Crippen molar-refractivity contribution in [3.05, 3.63) is 0 Å². The number of hydrogen-bond donors (Lipinski definition) is 0. The van der Waals surface area contributed by atoms with Crippen LogP contribution < -0.4 is 0 Å². The van der Waals surface area contributed by atoms with Gasteiger partial charge in [-0.1, -0.05) is 0 Å². The lowest BCUT2D eigenvalue weighted by atomic mass is 10.1. The van der Waals surface area contributed by atoms with E-state index in [1.807, 2.05) is 4.90 Å². The van der Waals surface area contributed by atoms with Crippen molar-refractivity contribution in [3.63, 3.8) is 0 Å². The Hall–Kier alpha value is -1.08. The van der Waals surface area contributed by atoms with Gasteiger partial charge in [0.15, 0.2) is 0 Å². The summed E-state index contributed by atoms with van der Waals surface area (Å²) in [4.78, 5) is 15.8. The molecular formula is C11H17N3O.